The van der Waals surface area contributed by atoms with Gasteiger partial charge >= 0.3 is 0 Å². The molecule has 0 radical (unpaired) electrons. The first-order chi connectivity index (χ1) is 20.1. The highest BCUT2D eigenvalue weighted by atomic mass is 16.7. The molecule has 2 aromatic carbocycles. The van der Waals surface area contributed by atoms with Gasteiger partial charge in [0, 0.05) is 57.3 Å². The fourth-order valence-corrected chi connectivity index (χ4v) is 5.65. The van der Waals surface area contributed by atoms with Gasteiger partial charge in [-0.1, -0.05) is 32.0 Å². The average Bonchev–Trinajstić information content (AvgIpc) is 3.63. The van der Waals surface area contributed by atoms with Crippen LogP contribution in [-0.4, -0.2) is 78.3 Å². The van der Waals surface area contributed by atoms with Gasteiger partial charge in [-0.2, -0.15) is 0 Å². The molecule has 0 spiro atoms. The van der Waals surface area contributed by atoms with Crippen LogP contribution in [-0.2, 0) is 24.2 Å². The number of carbonyl (C=O) groups excluding carboxylic acids is 1. The zero-order valence-corrected chi connectivity index (χ0v) is 24.3. The van der Waals surface area contributed by atoms with Crippen LogP contribution in [0.1, 0.15) is 43.4 Å². The largest absolute Gasteiger partial charge is 0.454 e. The van der Waals surface area contributed by atoms with Crippen molar-refractivity contribution >= 4 is 17.5 Å². The zero-order valence-electron chi connectivity index (χ0n) is 24.3. The van der Waals surface area contributed by atoms with Crippen LogP contribution < -0.4 is 19.7 Å². The van der Waals surface area contributed by atoms with E-state index in [9.17, 15) is 4.79 Å². The summed E-state index contributed by atoms with van der Waals surface area (Å²) < 4.78 is 10.8. The summed E-state index contributed by atoms with van der Waals surface area (Å²) in [5.74, 6) is 2.65. The fourth-order valence-electron chi connectivity index (χ4n) is 5.65. The van der Waals surface area contributed by atoms with Crippen LogP contribution in [0.5, 0.6) is 11.5 Å². The molecule has 3 aliphatic rings. The summed E-state index contributed by atoms with van der Waals surface area (Å²) >= 11 is 0. The number of hydrogen-bond donors (Lipinski definition) is 1. The van der Waals surface area contributed by atoms with Crippen LogP contribution in [0.15, 0.2) is 54.9 Å². The van der Waals surface area contributed by atoms with Crippen LogP contribution >= 0.6 is 0 Å². The number of hydrogen-bond acceptors (Lipinski definition) is 8. The van der Waals surface area contributed by atoms with Crippen molar-refractivity contribution in [2.45, 2.75) is 46.1 Å². The highest BCUT2D eigenvalue weighted by Crippen LogP contribution is 2.33. The molecule has 3 aliphatic heterocycles. The Hall–Kier alpha value is -3.69. The summed E-state index contributed by atoms with van der Waals surface area (Å²) in [5, 5.41) is 2.92. The normalized spacial score (nSPS) is 15.9. The number of nitrogens with one attached hydrogen (secondary N) is 1. The van der Waals surface area contributed by atoms with Gasteiger partial charge in [-0.3, -0.25) is 9.69 Å². The molecule has 6 rings (SSSR count). The molecule has 0 atom stereocenters. The summed E-state index contributed by atoms with van der Waals surface area (Å²) in [6, 6.07) is 14.2. The van der Waals surface area contributed by atoms with E-state index >= 15 is 0 Å². The summed E-state index contributed by atoms with van der Waals surface area (Å²) in [6.45, 7) is 13.1. The first-order valence-electron chi connectivity index (χ1n) is 14.9. The van der Waals surface area contributed by atoms with E-state index in [0.717, 1.165) is 68.8 Å². The SMILES string of the molecule is CCCN(CCC)CCc1cccc2c1CC(=O)N2.c1cnc(N2CCN(Cc3ccc4c(c3)OCO4)CC2)nc1. The van der Waals surface area contributed by atoms with Crippen molar-refractivity contribution in [3.8, 4) is 11.5 Å². The highest BCUT2D eigenvalue weighted by Gasteiger charge is 2.21. The Morgan fingerprint density at radius 3 is 2.41 bits per heavy atom. The number of aromatic nitrogens is 2. The first kappa shape index (κ1) is 28.8. The topological polar surface area (TPSA) is 83.1 Å². The van der Waals surface area contributed by atoms with E-state index in [1.54, 1.807) is 12.4 Å². The molecule has 41 heavy (non-hydrogen) atoms. The minimum Gasteiger partial charge on any atom is -0.454 e. The van der Waals surface area contributed by atoms with Gasteiger partial charge in [0.25, 0.3) is 0 Å². The summed E-state index contributed by atoms with van der Waals surface area (Å²) in [4.78, 5) is 27.3. The predicted molar refractivity (Wildman–Crippen MR) is 162 cm³/mol. The van der Waals surface area contributed by atoms with Crippen molar-refractivity contribution in [2.24, 2.45) is 0 Å². The molecule has 4 heterocycles. The van der Waals surface area contributed by atoms with Crippen LogP contribution in [0.2, 0.25) is 0 Å². The number of carbonyl (C=O) groups is 1. The predicted octanol–water partition coefficient (Wildman–Crippen LogP) is 4.37. The Morgan fingerprint density at radius 2 is 1.66 bits per heavy atom. The lowest BCUT2D eigenvalue weighted by molar-refractivity contribution is -0.115. The van der Waals surface area contributed by atoms with E-state index in [0.29, 0.717) is 13.2 Å². The molecule has 0 bridgehead atoms. The van der Waals surface area contributed by atoms with Crippen molar-refractivity contribution in [3.05, 3.63) is 71.5 Å². The molecule has 1 fully saturated rings. The third-order valence-corrected chi connectivity index (χ3v) is 7.71. The van der Waals surface area contributed by atoms with Crippen LogP contribution in [0.3, 0.4) is 0 Å². The molecule has 9 nitrogen and oxygen atoms in total. The van der Waals surface area contributed by atoms with Gasteiger partial charge in [0.15, 0.2) is 11.5 Å². The summed E-state index contributed by atoms with van der Waals surface area (Å²) in [7, 11) is 0. The average molecular weight is 559 g/mol. The van der Waals surface area contributed by atoms with E-state index in [4.69, 9.17) is 9.47 Å². The summed E-state index contributed by atoms with van der Waals surface area (Å²) in [5.41, 5.74) is 4.81. The molecule has 3 aromatic rings. The van der Waals surface area contributed by atoms with E-state index in [1.165, 1.54) is 42.6 Å². The van der Waals surface area contributed by atoms with Crippen molar-refractivity contribution in [3.63, 3.8) is 0 Å². The van der Waals surface area contributed by atoms with Crippen molar-refractivity contribution in [2.75, 3.05) is 62.8 Å². The second kappa shape index (κ2) is 14.3. The second-order valence-corrected chi connectivity index (χ2v) is 10.8. The zero-order chi connectivity index (χ0) is 28.4. The molecule has 1 aromatic heterocycles. The van der Waals surface area contributed by atoms with Crippen LogP contribution in [0.4, 0.5) is 11.6 Å². The number of rotatable bonds is 10. The maximum Gasteiger partial charge on any atom is 0.231 e. The number of nitrogens with zero attached hydrogens (tertiary/aromatic N) is 5. The third-order valence-electron chi connectivity index (χ3n) is 7.71. The van der Waals surface area contributed by atoms with Crippen LogP contribution in [0, 0.1) is 0 Å². The molecule has 9 heteroatoms. The minimum absolute atomic E-state index is 0.126. The number of amides is 1. The quantitative estimate of drug-likeness (QED) is 0.393. The highest BCUT2D eigenvalue weighted by molar-refractivity contribution is 5.99. The number of fused-ring (bicyclic) bond motifs is 2. The van der Waals surface area contributed by atoms with E-state index in [1.807, 2.05) is 24.3 Å². The molecule has 1 amide bonds. The van der Waals surface area contributed by atoms with Gasteiger partial charge in [0.2, 0.25) is 18.6 Å². The van der Waals surface area contributed by atoms with Gasteiger partial charge < -0.3 is 24.6 Å². The Balaban J connectivity index is 0.000000167. The van der Waals surface area contributed by atoms with E-state index < -0.39 is 0 Å². The molecular weight excluding hydrogens is 516 g/mol. The minimum atomic E-state index is 0.126. The monoisotopic (exact) mass is 558 g/mol. The molecule has 0 unspecified atom stereocenters. The number of ether oxygens (including phenoxy) is 2. The van der Waals surface area contributed by atoms with Gasteiger partial charge in [-0.15, -0.1) is 0 Å². The van der Waals surface area contributed by atoms with Crippen molar-refractivity contribution in [1.82, 2.24) is 19.8 Å². The van der Waals surface area contributed by atoms with Gasteiger partial charge in [-0.25, -0.2) is 9.97 Å². The lowest BCUT2D eigenvalue weighted by Crippen LogP contribution is -2.46. The molecule has 1 N–H and O–H groups in total. The lowest BCUT2D eigenvalue weighted by atomic mass is 10.0. The number of anilines is 2. The van der Waals surface area contributed by atoms with E-state index in [2.05, 4.69) is 62.0 Å². The molecular formula is C32H42N6O3. The lowest BCUT2D eigenvalue weighted by Gasteiger charge is -2.34. The Bertz CT molecular complexity index is 1270. The smallest absolute Gasteiger partial charge is 0.231 e. The second-order valence-electron chi connectivity index (χ2n) is 10.8. The third kappa shape index (κ3) is 7.74. The van der Waals surface area contributed by atoms with Crippen LogP contribution in [0.25, 0.3) is 0 Å². The molecule has 0 aliphatic carbocycles. The van der Waals surface area contributed by atoms with Gasteiger partial charge in [0.1, 0.15) is 0 Å². The molecule has 1 saturated heterocycles. The maximum absolute atomic E-state index is 11.5. The Labute approximate surface area is 243 Å². The maximum atomic E-state index is 11.5. The first-order valence-corrected chi connectivity index (χ1v) is 14.9. The number of piperazine rings is 1. The summed E-state index contributed by atoms with van der Waals surface area (Å²) in [6.07, 6.45) is 7.58. The van der Waals surface area contributed by atoms with Crippen molar-refractivity contribution < 1.29 is 14.3 Å². The molecule has 218 valence electrons. The Kier molecular flexibility index (Phi) is 10.0. The van der Waals surface area contributed by atoms with Gasteiger partial charge in [0.05, 0.1) is 6.42 Å². The fraction of sp³-hybridized carbons (Fsp3) is 0.469. The Morgan fingerprint density at radius 1 is 0.902 bits per heavy atom. The standard InChI is InChI=1S/C16H18N4O2.C16H24N2O/c1-4-17-16(18-5-1)20-8-6-19(7-9-20)11-13-2-3-14-15(10-13)22-12-21-14;1-3-9-18(10-4-2)11-8-13-6-5-7-15-14(13)12-16(19)17-15/h1-5,10H,6-9,11-12H2;5-7H,3-4,8-12H2,1-2H3,(H,17,19). The molecule has 0 saturated carbocycles. The van der Waals surface area contributed by atoms with Gasteiger partial charge in [-0.05, 0) is 73.3 Å². The van der Waals surface area contributed by atoms with E-state index in [-0.39, 0.29) is 5.91 Å². The number of benzene rings is 2. The van der Waals surface area contributed by atoms with Crippen molar-refractivity contribution in [1.29, 1.82) is 0 Å².